The molecule has 0 radical (unpaired) electrons. The number of carbonyl (C=O) groups excluding carboxylic acids is 2. The largest absolute Gasteiger partial charge is 0.341 e. The predicted molar refractivity (Wildman–Crippen MR) is 99.0 cm³/mol. The molecule has 0 fully saturated rings. The Morgan fingerprint density at radius 3 is 2.73 bits per heavy atom. The van der Waals surface area contributed by atoms with E-state index in [2.05, 4.69) is 20.6 Å². The standard InChI is InChI=1S/C20H20N4O2/c25-19-14-8-5-7-13(18(14)20(26)24-19)6-3-4-11-21-12-17-22-15-9-1-2-10-16(15)23-17/h1-2,5,7-10,21H,3-4,6,11-12H2,(H,22,23)(H,24,25,26). The van der Waals surface area contributed by atoms with E-state index in [9.17, 15) is 9.59 Å². The molecule has 1 aliphatic heterocycles. The van der Waals surface area contributed by atoms with Crippen molar-refractivity contribution in [1.29, 1.82) is 0 Å². The lowest BCUT2D eigenvalue weighted by molar-refractivity contribution is 0.0879. The van der Waals surface area contributed by atoms with Crippen molar-refractivity contribution in [3.63, 3.8) is 0 Å². The average Bonchev–Trinajstić information content (AvgIpc) is 3.19. The van der Waals surface area contributed by atoms with Gasteiger partial charge in [0.05, 0.1) is 28.7 Å². The highest BCUT2D eigenvalue weighted by molar-refractivity contribution is 6.22. The third-order valence-electron chi connectivity index (χ3n) is 4.63. The molecular weight excluding hydrogens is 328 g/mol. The van der Waals surface area contributed by atoms with Crippen LogP contribution in [0.15, 0.2) is 42.5 Å². The minimum atomic E-state index is -0.292. The zero-order valence-corrected chi connectivity index (χ0v) is 14.3. The van der Waals surface area contributed by atoms with Crippen LogP contribution in [0.2, 0.25) is 0 Å². The van der Waals surface area contributed by atoms with Gasteiger partial charge in [-0.05, 0) is 49.6 Å². The zero-order chi connectivity index (χ0) is 17.9. The van der Waals surface area contributed by atoms with Gasteiger partial charge in [-0.2, -0.15) is 0 Å². The van der Waals surface area contributed by atoms with Crippen LogP contribution in [0.3, 0.4) is 0 Å². The molecule has 1 aromatic heterocycles. The second-order valence-corrected chi connectivity index (χ2v) is 6.46. The fourth-order valence-electron chi connectivity index (χ4n) is 3.36. The Morgan fingerprint density at radius 1 is 0.962 bits per heavy atom. The van der Waals surface area contributed by atoms with E-state index in [1.54, 1.807) is 6.07 Å². The summed E-state index contributed by atoms with van der Waals surface area (Å²) in [7, 11) is 0. The van der Waals surface area contributed by atoms with Crippen LogP contribution in [0.4, 0.5) is 0 Å². The van der Waals surface area contributed by atoms with Crippen molar-refractivity contribution < 1.29 is 9.59 Å². The summed E-state index contributed by atoms with van der Waals surface area (Å²) in [5.41, 5.74) is 4.02. The predicted octanol–water partition coefficient (Wildman–Crippen LogP) is 2.56. The Bertz CT molecular complexity index is 944. The number of carbonyl (C=O) groups is 2. The van der Waals surface area contributed by atoms with Crippen molar-refractivity contribution in [3.8, 4) is 0 Å². The maximum absolute atomic E-state index is 11.9. The number of imidazole rings is 1. The maximum atomic E-state index is 11.9. The molecule has 3 aromatic rings. The molecule has 0 aliphatic carbocycles. The van der Waals surface area contributed by atoms with E-state index in [1.807, 2.05) is 36.4 Å². The van der Waals surface area contributed by atoms with Gasteiger partial charge in [-0.3, -0.25) is 14.9 Å². The number of imide groups is 1. The van der Waals surface area contributed by atoms with Gasteiger partial charge in [0.25, 0.3) is 11.8 Å². The Balaban J connectivity index is 1.25. The lowest BCUT2D eigenvalue weighted by Gasteiger charge is -2.06. The summed E-state index contributed by atoms with van der Waals surface area (Å²) in [6, 6.07) is 13.5. The van der Waals surface area contributed by atoms with Gasteiger partial charge in [0, 0.05) is 0 Å². The van der Waals surface area contributed by atoms with Crippen molar-refractivity contribution in [2.45, 2.75) is 25.8 Å². The van der Waals surface area contributed by atoms with Crippen molar-refractivity contribution >= 4 is 22.8 Å². The van der Waals surface area contributed by atoms with Gasteiger partial charge < -0.3 is 10.3 Å². The Kier molecular flexibility index (Phi) is 4.50. The Labute approximate surface area is 151 Å². The molecule has 0 saturated heterocycles. The number of hydrogen-bond donors (Lipinski definition) is 3. The SMILES string of the molecule is O=C1NC(=O)c2c(CCCCNCc3nc4ccccc4[nH]3)cccc21. The van der Waals surface area contributed by atoms with Crippen molar-refractivity contribution in [3.05, 3.63) is 65.0 Å². The minimum absolute atomic E-state index is 0.274. The second kappa shape index (κ2) is 7.09. The summed E-state index contributed by atoms with van der Waals surface area (Å²) < 4.78 is 0. The van der Waals surface area contributed by atoms with Crippen LogP contribution >= 0.6 is 0 Å². The van der Waals surface area contributed by atoms with Crippen LogP contribution in [-0.4, -0.2) is 28.3 Å². The number of para-hydroxylation sites is 2. The zero-order valence-electron chi connectivity index (χ0n) is 14.3. The first-order valence-electron chi connectivity index (χ1n) is 8.84. The highest BCUT2D eigenvalue weighted by Gasteiger charge is 2.28. The van der Waals surface area contributed by atoms with E-state index in [1.165, 1.54) is 0 Å². The first kappa shape index (κ1) is 16.5. The molecule has 3 N–H and O–H groups in total. The normalized spacial score (nSPS) is 13.2. The van der Waals surface area contributed by atoms with E-state index in [-0.39, 0.29) is 11.8 Å². The van der Waals surface area contributed by atoms with E-state index in [4.69, 9.17) is 0 Å². The summed E-state index contributed by atoms with van der Waals surface area (Å²) in [6.45, 7) is 1.57. The van der Waals surface area contributed by atoms with Gasteiger partial charge in [-0.1, -0.05) is 24.3 Å². The number of nitrogens with zero attached hydrogens (tertiary/aromatic N) is 1. The van der Waals surface area contributed by atoms with E-state index in [0.717, 1.165) is 48.2 Å². The average molecular weight is 348 g/mol. The van der Waals surface area contributed by atoms with Gasteiger partial charge in [0.1, 0.15) is 5.82 Å². The minimum Gasteiger partial charge on any atom is -0.341 e. The number of H-pyrrole nitrogens is 1. The van der Waals surface area contributed by atoms with Crippen LogP contribution in [0.5, 0.6) is 0 Å². The molecule has 2 amide bonds. The maximum Gasteiger partial charge on any atom is 0.259 e. The molecule has 0 unspecified atom stereocenters. The number of hydrogen-bond acceptors (Lipinski definition) is 4. The number of nitrogens with one attached hydrogen (secondary N) is 3. The molecule has 0 spiro atoms. The summed E-state index contributed by atoms with van der Waals surface area (Å²) in [5.74, 6) is 0.366. The Morgan fingerprint density at radius 2 is 1.85 bits per heavy atom. The van der Waals surface area contributed by atoms with Gasteiger partial charge in [-0.25, -0.2) is 4.98 Å². The van der Waals surface area contributed by atoms with E-state index in [0.29, 0.717) is 17.7 Å². The molecule has 6 nitrogen and oxygen atoms in total. The topological polar surface area (TPSA) is 86.9 Å². The van der Waals surface area contributed by atoms with Crippen molar-refractivity contribution in [1.82, 2.24) is 20.6 Å². The van der Waals surface area contributed by atoms with Crippen LogP contribution in [0.25, 0.3) is 11.0 Å². The highest BCUT2D eigenvalue weighted by Crippen LogP contribution is 2.21. The van der Waals surface area contributed by atoms with Gasteiger partial charge in [0.15, 0.2) is 0 Å². The first-order chi connectivity index (χ1) is 12.7. The number of unbranched alkanes of at least 4 members (excludes halogenated alkanes) is 1. The lowest BCUT2D eigenvalue weighted by Crippen LogP contribution is -2.20. The molecule has 1 aliphatic rings. The number of aryl methyl sites for hydroxylation is 1. The third-order valence-corrected chi connectivity index (χ3v) is 4.63. The lowest BCUT2D eigenvalue weighted by atomic mass is 9.98. The molecule has 0 bridgehead atoms. The molecule has 2 aromatic carbocycles. The highest BCUT2D eigenvalue weighted by atomic mass is 16.2. The number of aromatic nitrogens is 2. The number of benzene rings is 2. The third kappa shape index (κ3) is 3.23. The molecule has 0 atom stereocenters. The van der Waals surface area contributed by atoms with Gasteiger partial charge >= 0.3 is 0 Å². The van der Waals surface area contributed by atoms with E-state index < -0.39 is 0 Å². The van der Waals surface area contributed by atoms with Crippen LogP contribution in [0, 0.1) is 0 Å². The smallest absolute Gasteiger partial charge is 0.259 e. The van der Waals surface area contributed by atoms with Crippen molar-refractivity contribution in [2.24, 2.45) is 0 Å². The first-order valence-corrected chi connectivity index (χ1v) is 8.84. The van der Waals surface area contributed by atoms with Crippen molar-refractivity contribution in [2.75, 3.05) is 6.54 Å². The Hall–Kier alpha value is -2.99. The quantitative estimate of drug-likeness (QED) is 0.452. The van der Waals surface area contributed by atoms with Crippen LogP contribution in [0.1, 0.15) is 44.9 Å². The summed E-state index contributed by atoms with van der Waals surface area (Å²) in [6.07, 6.45) is 2.72. The number of aromatic amines is 1. The van der Waals surface area contributed by atoms with Crippen LogP contribution in [-0.2, 0) is 13.0 Å². The molecule has 0 saturated carbocycles. The van der Waals surface area contributed by atoms with E-state index >= 15 is 0 Å². The summed E-state index contributed by atoms with van der Waals surface area (Å²) in [4.78, 5) is 31.4. The molecule has 26 heavy (non-hydrogen) atoms. The van der Waals surface area contributed by atoms with Gasteiger partial charge in [0.2, 0.25) is 0 Å². The second-order valence-electron chi connectivity index (χ2n) is 6.46. The number of rotatable bonds is 7. The number of fused-ring (bicyclic) bond motifs is 2. The fraction of sp³-hybridized carbons (Fsp3) is 0.250. The summed E-state index contributed by atoms with van der Waals surface area (Å²) in [5, 5.41) is 5.75. The van der Waals surface area contributed by atoms with Crippen LogP contribution < -0.4 is 10.6 Å². The fourth-order valence-corrected chi connectivity index (χ4v) is 3.36. The molecular formula is C20H20N4O2. The molecule has 4 rings (SSSR count). The molecule has 2 heterocycles. The number of amides is 2. The molecule has 132 valence electrons. The van der Waals surface area contributed by atoms with Gasteiger partial charge in [-0.15, -0.1) is 0 Å². The summed E-state index contributed by atoms with van der Waals surface area (Å²) >= 11 is 0. The monoisotopic (exact) mass is 348 g/mol. The molecule has 6 heteroatoms.